The summed E-state index contributed by atoms with van der Waals surface area (Å²) >= 11 is 0. The van der Waals surface area contributed by atoms with Crippen LogP contribution in [0.1, 0.15) is 24.0 Å². The van der Waals surface area contributed by atoms with E-state index in [1.807, 2.05) is 30.3 Å². The Hall–Kier alpha value is -2.10. The average molecular weight is 322 g/mol. The zero-order chi connectivity index (χ0) is 16.4. The van der Waals surface area contributed by atoms with Gasteiger partial charge in [0.25, 0.3) is 0 Å². The van der Waals surface area contributed by atoms with Crippen molar-refractivity contribution in [3.8, 4) is 5.75 Å². The third-order valence-electron chi connectivity index (χ3n) is 5.24. The summed E-state index contributed by atoms with van der Waals surface area (Å²) in [6.07, 6.45) is 4.17. The van der Waals surface area contributed by atoms with E-state index in [0.29, 0.717) is 12.5 Å². The van der Waals surface area contributed by atoms with Gasteiger partial charge in [0.05, 0.1) is 13.1 Å². The van der Waals surface area contributed by atoms with E-state index in [0.717, 1.165) is 48.5 Å². The van der Waals surface area contributed by atoms with Crippen LogP contribution in [0.2, 0.25) is 0 Å². The van der Waals surface area contributed by atoms with E-state index in [9.17, 15) is 5.11 Å². The van der Waals surface area contributed by atoms with Gasteiger partial charge in [-0.1, -0.05) is 42.5 Å². The van der Waals surface area contributed by atoms with Crippen molar-refractivity contribution in [1.29, 1.82) is 0 Å². The van der Waals surface area contributed by atoms with Crippen molar-refractivity contribution in [2.45, 2.75) is 25.6 Å². The Morgan fingerprint density at radius 1 is 1.04 bits per heavy atom. The summed E-state index contributed by atoms with van der Waals surface area (Å²) < 4.78 is 5.91. The second kappa shape index (κ2) is 6.80. The molecule has 2 aromatic carbocycles. The predicted molar refractivity (Wildman–Crippen MR) is 94.6 cm³/mol. The molecular weight excluding hydrogens is 298 g/mol. The molecule has 3 heteroatoms. The third kappa shape index (κ3) is 3.23. The molecule has 0 saturated carbocycles. The molecule has 2 aromatic rings. The topological polar surface area (TPSA) is 33.9 Å². The number of hydrogen-bond acceptors (Lipinski definition) is 2. The molecular formula is C21H24NO2+. The smallest absolute Gasteiger partial charge is 0.137 e. The molecule has 3 aliphatic heterocycles. The number of quaternary nitrogens is 1. The van der Waals surface area contributed by atoms with Crippen LogP contribution in [0.25, 0.3) is 6.08 Å². The monoisotopic (exact) mass is 322 g/mol. The highest BCUT2D eigenvalue weighted by Gasteiger charge is 2.41. The Labute approximate surface area is 143 Å². The molecule has 0 unspecified atom stereocenters. The van der Waals surface area contributed by atoms with E-state index in [1.54, 1.807) is 0 Å². The summed E-state index contributed by atoms with van der Waals surface area (Å²) in [5.74, 6) is 1.32. The van der Waals surface area contributed by atoms with Crippen LogP contribution in [0.4, 0.5) is 0 Å². The molecule has 3 nitrogen and oxygen atoms in total. The Balaban J connectivity index is 1.49. The summed E-state index contributed by atoms with van der Waals surface area (Å²) in [4.78, 5) is 1.45. The Kier molecular flexibility index (Phi) is 4.37. The number of piperidine rings is 3. The molecule has 2 N–H and O–H groups in total. The highest BCUT2D eigenvalue weighted by Crippen LogP contribution is 2.26. The van der Waals surface area contributed by atoms with Crippen molar-refractivity contribution >= 4 is 6.08 Å². The summed E-state index contributed by atoms with van der Waals surface area (Å²) in [6.45, 7) is 2.87. The van der Waals surface area contributed by atoms with Crippen molar-refractivity contribution in [2.24, 2.45) is 5.92 Å². The van der Waals surface area contributed by atoms with Crippen LogP contribution in [-0.2, 0) is 6.61 Å². The fraction of sp³-hybridized carbons (Fsp3) is 0.333. The number of benzene rings is 2. The molecule has 3 fully saturated rings. The van der Waals surface area contributed by atoms with E-state index < -0.39 is 0 Å². The molecule has 1 atom stereocenters. The van der Waals surface area contributed by atoms with Gasteiger partial charge >= 0.3 is 0 Å². The van der Waals surface area contributed by atoms with Crippen LogP contribution in [0.3, 0.4) is 0 Å². The van der Waals surface area contributed by atoms with Gasteiger partial charge < -0.3 is 14.7 Å². The van der Waals surface area contributed by atoms with Crippen molar-refractivity contribution in [3.63, 3.8) is 0 Å². The highest BCUT2D eigenvalue weighted by atomic mass is 16.5. The lowest BCUT2D eigenvalue weighted by Crippen LogP contribution is -3.14. The standard InChI is InChI=1S/C21H23NO2/c23-21-18-9-11-22(12-10-18)20(21)14-17-7-4-8-19(13-17)24-15-16-5-2-1-3-6-16/h1-8,13-14,18,21,23H,9-12,15H2/p+1/b20-14-/t21-/m0/s1. The SMILES string of the molecule is O[C@@H]1/C(=C/c2cccc(OCc3ccccc3)c2)[NH+]2CCC1CC2. The minimum Gasteiger partial charge on any atom is -0.489 e. The normalized spacial score (nSPS) is 27.4. The van der Waals surface area contributed by atoms with Crippen molar-refractivity contribution in [2.75, 3.05) is 13.1 Å². The van der Waals surface area contributed by atoms with Gasteiger partial charge in [-0.3, -0.25) is 0 Å². The van der Waals surface area contributed by atoms with E-state index >= 15 is 0 Å². The number of nitrogens with one attached hydrogen (secondary N) is 1. The first-order valence-electron chi connectivity index (χ1n) is 8.81. The molecule has 0 radical (unpaired) electrons. The largest absolute Gasteiger partial charge is 0.489 e. The van der Waals surface area contributed by atoms with Gasteiger partial charge in [-0.25, -0.2) is 0 Å². The van der Waals surface area contributed by atoms with E-state index in [1.165, 1.54) is 4.90 Å². The highest BCUT2D eigenvalue weighted by molar-refractivity contribution is 5.54. The van der Waals surface area contributed by atoms with Crippen molar-refractivity contribution in [1.82, 2.24) is 0 Å². The molecule has 0 aromatic heterocycles. The lowest BCUT2D eigenvalue weighted by molar-refractivity contribution is -0.880. The maximum Gasteiger partial charge on any atom is 0.137 e. The van der Waals surface area contributed by atoms with Gasteiger partial charge in [0.1, 0.15) is 24.2 Å². The van der Waals surface area contributed by atoms with Gasteiger partial charge in [-0.05, 0) is 23.3 Å². The van der Waals surface area contributed by atoms with Gasteiger partial charge in [0.2, 0.25) is 0 Å². The molecule has 5 rings (SSSR count). The van der Waals surface area contributed by atoms with Crippen LogP contribution in [0.15, 0.2) is 60.3 Å². The molecule has 124 valence electrons. The summed E-state index contributed by atoms with van der Waals surface area (Å²) in [6, 6.07) is 18.3. The van der Waals surface area contributed by atoms with E-state index in [-0.39, 0.29) is 6.10 Å². The van der Waals surface area contributed by atoms with Crippen LogP contribution >= 0.6 is 0 Å². The lowest BCUT2D eigenvalue weighted by atomic mass is 9.83. The van der Waals surface area contributed by atoms with E-state index in [4.69, 9.17) is 4.74 Å². The second-order valence-corrected chi connectivity index (χ2v) is 6.83. The summed E-state index contributed by atoms with van der Waals surface area (Å²) in [5, 5.41) is 10.5. The third-order valence-corrected chi connectivity index (χ3v) is 5.24. The number of aliphatic hydroxyl groups excluding tert-OH is 1. The number of fused-ring (bicyclic) bond motifs is 3. The average Bonchev–Trinajstić information content (AvgIpc) is 2.65. The first-order chi connectivity index (χ1) is 11.8. The fourth-order valence-electron chi connectivity index (χ4n) is 3.86. The Morgan fingerprint density at radius 2 is 1.83 bits per heavy atom. The molecule has 3 heterocycles. The Morgan fingerprint density at radius 3 is 2.58 bits per heavy atom. The second-order valence-electron chi connectivity index (χ2n) is 6.83. The maximum atomic E-state index is 10.5. The van der Waals surface area contributed by atoms with Gasteiger partial charge in [-0.15, -0.1) is 0 Å². The first kappa shape index (κ1) is 15.4. The zero-order valence-corrected chi connectivity index (χ0v) is 13.8. The van der Waals surface area contributed by atoms with Crippen LogP contribution < -0.4 is 9.64 Å². The summed E-state index contributed by atoms with van der Waals surface area (Å²) in [5.41, 5.74) is 3.42. The predicted octanol–water partition coefficient (Wildman–Crippen LogP) is 2.28. The number of aliphatic hydroxyl groups is 1. The number of hydrogen-bond donors (Lipinski definition) is 2. The number of rotatable bonds is 4. The lowest BCUT2D eigenvalue weighted by Gasteiger charge is -2.41. The van der Waals surface area contributed by atoms with Crippen LogP contribution in [0, 0.1) is 5.92 Å². The quantitative estimate of drug-likeness (QED) is 0.905. The molecule has 0 amide bonds. The maximum absolute atomic E-state index is 10.5. The minimum absolute atomic E-state index is 0.281. The Bertz CT molecular complexity index is 714. The van der Waals surface area contributed by atoms with Gasteiger partial charge in [-0.2, -0.15) is 0 Å². The van der Waals surface area contributed by atoms with Gasteiger partial charge in [0, 0.05) is 24.8 Å². The zero-order valence-electron chi connectivity index (χ0n) is 13.8. The molecule has 3 saturated heterocycles. The first-order valence-corrected chi connectivity index (χ1v) is 8.81. The molecule has 2 bridgehead atoms. The summed E-state index contributed by atoms with van der Waals surface area (Å²) in [7, 11) is 0. The van der Waals surface area contributed by atoms with Crippen LogP contribution in [-0.4, -0.2) is 24.3 Å². The minimum atomic E-state index is -0.281. The molecule has 3 aliphatic rings. The molecule has 0 aliphatic carbocycles. The molecule has 0 spiro atoms. The van der Waals surface area contributed by atoms with Crippen LogP contribution in [0.5, 0.6) is 5.75 Å². The van der Waals surface area contributed by atoms with Gasteiger partial charge in [0.15, 0.2) is 0 Å². The number of ether oxygens (including phenoxy) is 1. The van der Waals surface area contributed by atoms with Crippen molar-refractivity contribution < 1.29 is 14.7 Å². The van der Waals surface area contributed by atoms with Crippen molar-refractivity contribution in [3.05, 3.63) is 71.4 Å². The fourth-order valence-corrected chi connectivity index (χ4v) is 3.86. The van der Waals surface area contributed by atoms with E-state index in [2.05, 4.69) is 30.3 Å². The molecule has 24 heavy (non-hydrogen) atoms.